The van der Waals surface area contributed by atoms with Gasteiger partial charge in [0, 0.05) is 30.2 Å². The minimum absolute atomic E-state index is 0.210. The number of hydrogen-bond donors (Lipinski definition) is 2. The normalized spacial score (nSPS) is 17.1. The number of hydrogen-bond acceptors (Lipinski definition) is 4. The van der Waals surface area contributed by atoms with E-state index in [4.69, 9.17) is 4.74 Å². The first-order valence-corrected chi connectivity index (χ1v) is 10.7. The van der Waals surface area contributed by atoms with E-state index in [9.17, 15) is 10.0 Å². The molecule has 6 heteroatoms. The third-order valence-corrected chi connectivity index (χ3v) is 6.02. The van der Waals surface area contributed by atoms with Crippen LogP contribution in [0.25, 0.3) is 10.9 Å². The Hall–Kier alpha value is -3.61. The number of H-pyrrole nitrogens is 1. The SMILES string of the molecule is O=C1OC[C@H]([C@H](c2c[nH]c3ccccc23)N(O)Cc2ccccc2)N1Cc1ccccc1. The highest BCUT2D eigenvalue weighted by molar-refractivity contribution is 5.84. The summed E-state index contributed by atoms with van der Waals surface area (Å²) in [5.41, 5.74) is 3.92. The topological polar surface area (TPSA) is 68.8 Å². The molecule has 2 N–H and O–H groups in total. The summed E-state index contributed by atoms with van der Waals surface area (Å²) in [7, 11) is 0. The zero-order valence-electron chi connectivity index (χ0n) is 17.6. The minimum Gasteiger partial charge on any atom is -0.447 e. The van der Waals surface area contributed by atoms with Gasteiger partial charge in [0.15, 0.2) is 0 Å². The molecule has 1 fully saturated rings. The molecule has 1 aromatic heterocycles. The summed E-state index contributed by atoms with van der Waals surface area (Å²) in [4.78, 5) is 17.7. The number of carbonyl (C=O) groups excluding carboxylic acids is 1. The second-order valence-electron chi connectivity index (χ2n) is 8.08. The van der Waals surface area contributed by atoms with Crippen molar-refractivity contribution in [1.82, 2.24) is 14.9 Å². The third kappa shape index (κ3) is 3.98. The average molecular weight is 428 g/mol. The van der Waals surface area contributed by atoms with Gasteiger partial charge in [0.2, 0.25) is 0 Å². The number of carbonyl (C=O) groups is 1. The predicted octanol–water partition coefficient (Wildman–Crippen LogP) is 5.12. The Morgan fingerprint density at radius 1 is 0.969 bits per heavy atom. The van der Waals surface area contributed by atoms with Crippen molar-refractivity contribution >= 4 is 17.0 Å². The first kappa shape index (κ1) is 20.3. The first-order chi connectivity index (χ1) is 15.7. The van der Waals surface area contributed by atoms with Crippen LogP contribution >= 0.6 is 0 Å². The summed E-state index contributed by atoms with van der Waals surface area (Å²) in [5, 5.41) is 13.7. The number of ether oxygens (including phenoxy) is 1. The molecule has 1 saturated heterocycles. The lowest BCUT2D eigenvalue weighted by molar-refractivity contribution is -0.151. The Kier molecular flexibility index (Phi) is 5.62. The molecule has 2 heterocycles. The third-order valence-electron chi connectivity index (χ3n) is 6.02. The molecule has 162 valence electrons. The first-order valence-electron chi connectivity index (χ1n) is 10.7. The van der Waals surface area contributed by atoms with Crippen LogP contribution in [0.1, 0.15) is 22.7 Å². The molecule has 0 radical (unpaired) electrons. The molecule has 0 saturated carbocycles. The van der Waals surface area contributed by atoms with Crippen molar-refractivity contribution in [3.8, 4) is 0 Å². The molecular weight excluding hydrogens is 402 g/mol. The van der Waals surface area contributed by atoms with E-state index in [-0.39, 0.29) is 18.7 Å². The Morgan fingerprint density at radius 2 is 1.62 bits per heavy atom. The summed E-state index contributed by atoms with van der Waals surface area (Å²) in [5.74, 6) is 0. The van der Waals surface area contributed by atoms with Crippen LogP contribution in [-0.2, 0) is 17.8 Å². The van der Waals surface area contributed by atoms with Crippen LogP contribution in [0, 0.1) is 0 Å². The molecule has 0 spiro atoms. The van der Waals surface area contributed by atoms with Gasteiger partial charge in [-0.05, 0) is 22.8 Å². The van der Waals surface area contributed by atoms with Crippen molar-refractivity contribution in [2.75, 3.05) is 6.61 Å². The van der Waals surface area contributed by atoms with Crippen LogP contribution in [0.5, 0.6) is 0 Å². The van der Waals surface area contributed by atoms with Crippen LogP contribution in [0.2, 0.25) is 0 Å². The molecule has 0 bridgehead atoms. The summed E-state index contributed by atoms with van der Waals surface area (Å²) in [6, 6.07) is 26.8. The van der Waals surface area contributed by atoms with E-state index < -0.39 is 6.04 Å². The van der Waals surface area contributed by atoms with Crippen molar-refractivity contribution in [2.24, 2.45) is 0 Å². The molecule has 0 unspecified atom stereocenters. The Labute approximate surface area is 186 Å². The van der Waals surface area contributed by atoms with E-state index in [0.29, 0.717) is 13.1 Å². The highest BCUT2D eigenvalue weighted by Crippen LogP contribution is 2.36. The van der Waals surface area contributed by atoms with Gasteiger partial charge in [-0.25, -0.2) is 4.79 Å². The maximum absolute atomic E-state index is 12.7. The Bertz CT molecular complexity index is 1190. The number of para-hydroxylation sites is 1. The fraction of sp³-hybridized carbons (Fsp3) is 0.192. The maximum atomic E-state index is 12.7. The second-order valence-corrected chi connectivity index (χ2v) is 8.08. The monoisotopic (exact) mass is 427 g/mol. The lowest BCUT2D eigenvalue weighted by atomic mass is 9.97. The lowest BCUT2D eigenvalue weighted by Gasteiger charge is -2.34. The Morgan fingerprint density at radius 3 is 2.38 bits per heavy atom. The van der Waals surface area contributed by atoms with Crippen molar-refractivity contribution in [3.05, 3.63) is 108 Å². The van der Waals surface area contributed by atoms with Gasteiger partial charge in [-0.3, -0.25) is 4.90 Å². The van der Waals surface area contributed by atoms with Crippen LogP contribution in [0.3, 0.4) is 0 Å². The summed E-state index contributed by atoms with van der Waals surface area (Å²) in [6.07, 6.45) is 1.56. The zero-order chi connectivity index (χ0) is 21.9. The molecule has 32 heavy (non-hydrogen) atoms. The molecule has 2 atom stereocenters. The number of aromatic nitrogens is 1. The largest absolute Gasteiger partial charge is 0.447 e. The number of hydroxylamine groups is 2. The van der Waals surface area contributed by atoms with E-state index >= 15 is 0 Å². The zero-order valence-corrected chi connectivity index (χ0v) is 17.6. The van der Waals surface area contributed by atoms with Gasteiger partial charge < -0.3 is 14.9 Å². The van der Waals surface area contributed by atoms with Crippen molar-refractivity contribution < 1.29 is 14.7 Å². The van der Waals surface area contributed by atoms with Crippen molar-refractivity contribution in [1.29, 1.82) is 0 Å². The number of nitrogens with zero attached hydrogens (tertiary/aromatic N) is 2. The van der Waals surface area contributed by atoms with Gasteiger partial charge in [0.1, 0.15) is 6.61 Å². The number of nitrogens with one attached hydrogen (secondary N) is 1. The number of benzene rings is 3. The molecular formula is C26H25N3O3. The van der Waals surface area contributed by atoms with Gasteiger partial charge in [0.25, 0.3) is 0 Å². The number of rotatable bonds is 7. The number of cyclic esters (lactones) is 1. The summed E-state index contributed by atoms with van der Waals surface area (Å²) >= 11 is 0. The van der Waals surface area contributed by atoms with Crippen molar-refractivity contribution in [3.63, 3.8) is 0 Å². The van der Waals surface area contributed by atoms with Gasteiger partial charge in [-0.2, -0.15) is 5.06 Å². The molecule has 5 rings (SSSR count). The van der Waals surface area contributed by atoms with Crippen LogP contribution in [0.4, 0.5) is 4.79 Å². The lowest BCUT2D eigenvalue weighted by Crippen LogP contribution is -2.44. The van der Waals surface area contributed by atoms with Crippen LogP contribution in [0.15, 0.2) is 91.1 Å². The van der Waals surface area contributed by atoms with Crippen LogP contribution in [-0.4, -0.2) is 38.9 Å². The smallest absolute Gasteiger partial charge is 0.410 e. The van der Waals surface area contributed by atoms with E-state index in [0.717, 1.165) is 27.6 Å². The average Bonchev–Trinajstić information content (AvgIpc) is 3.40. The summed E-state index contributed by atoms with van der Waals surface area (Å²) in [6.45, 7) is 0.957. The molecule has 6 nitrogen and oxygen atoms in total. The van der Waals surface area contributed by atoms with E-state index in [1.807, 2.05) is 91.1 Å². The quantitative estimate of drug-likeness (QED) is 0.402. The van der Waals surface area contributed by atoms with Gasteiger partial charge in [-0.15, -0.1) is 0 Å². The number of amides is 1. The number of fused-ring (bicyclic) bond motifs is 1. The van der Waals surface area contributed by atoms with Gasteiger partial charge in [-0.1, -0.05) is 78.9 Å². The van der Waals surface area contributed by atoms with E-state index in [1.165, 1.54) is 5.06 Å². The van der Waals surface area contributed by atoms with E-state index in [2.05, 4.69) is 4.98 Å². The van der Waals surface area contributed by atoms with Gasteiger partial charge >= 0.3 is 6.09 Å². The fourth-order valence-corrected chi connectivity index (χ4v) is 4.46. The second kappa shape index (κ2) is 8.86. The molecule has 1 aliphatic heterocycles. The molecule has 1 aliphatic rings. The number of aromatic amines is 1. The Balaban J connectivity index is 1.53. The van der Waals surface area contributed by atoms with E-state index in [1.54, 1.807) is 4.90 Å². The predicted molar refractivity (Wildman–Crippen MR) is 122 cm³/mol. The molecule has 1 amide bonds. The summed E-state index contributed by atoms with van der Waals surface area (Å²) < 4.78 is 5.48. The fourth-order valence-electron chi connectivity index (χ4n) is 4.46. The minimum atomic E-state index is -0.471. The van der Waals surface area contributed by atoms with Crippen molar-refractivity contribution in [2.45, 2.75) is 25.2 Å². The van der Waals surface area contributed by atoms with Crippen LogP contribution < -0.4 is 0 Å². The molecule has 4 aromatic rings. The van der Waals surface area contributed by atoms with Gasteiger partial charge in [0.05, 0.1) is 12.1 Å². The highest BCUT2D eigenvalue weighted by Gasteiger charge is 2.42. The standard InChI is InChI=1S/C26H25N3O3/c30-26-28(16-19-9-3-1-4-10-19)24(18-32-26)25(29(31)17-20-11-5-2-6-12-20)22-15-27-23-14-8-7-13-21(22)23/h1-15,24-25,27,31H,16-18H2/t24-,25+/m1/s1. The molecule has 0 aliphatic carbocycles. The highest BCUT2D eigenvalue weighted by atomic mass is 16.6. The molecule has 3 aromatic carbocycles. The maximum Gasteiger partial charge on any atom is 0.410 e.